The van der Waals surface area contributed by atoms with E-state index in [9.17, 15) is 22.8 Å². The monoisotopic (exact) mass is 263 g/mol. The molecule has 1 aliphatic rings. The lowest BCUT2D eigenvalue weighted by Gasteiger charge is -2.12. The number of amides is 2. The van der Waals surface area contributed by atoms with E-state index in [1.807, 2.05) is 0 Å². The molecule has 0 aromatic rings. The minimum atomic E-state index is -4.70. The van der Waals surface area contributed by atoms with Crippen LogP contribution < -0.4 is 0 Å². The molecule has 1 atom stereocenters. The van der Waals surface area contributed by atoms with Crippen molar-refractivity contribution in [2.24, 2.45) is 0 Å². The maximum atomic E-state index is 11.4. The van der Waals surface area contributed by atoms with E-state index < -0.39 is 39.6 Å². The summed E-state index contributed by atoms with van der Waals surface area (Å²) in [5.74, 6) is -3.36. The maximum Gasteiger partial charge on any atom is 0.359 e. The number of hydroxylamine groups is 2. The SMILES string of the molecule is C=C(C)C(=O)ON1C(=O)CC(S(=O)(=O)O)C1=O. The maximum absolute atomic E-state index is 11.4. The molecular weight excluding hydrogens is 254 g/mol. The van der Waals surface area contributed by atoms with Crippen LogP contribution in [-0.2, 0) is 29.3 Å². The van der Waals surface area contributed by atoms with Crippen molar-refractivity contribution in [3.8, 4) is 0 Å². The minimum absolute atomic E-state index is 0.0233. The van der Waals surface area contributed by atoms with Crippen LogP contribution in [0.1, 0.15) is 13.3 Å². The van der Waals surface area contributed by atoms with Crippen LogP contribution in [0.3, 0.4) is 0 Å². The normalized spacial score (nSPS) is 20.6. The summed E-state index contributed by atoms with van der Waals surface area (Å²) < 4.78 is 30.2. The molecule has 1 rings (SSSR count). The minimum Gasteiger partial charge on any atom is -0.325 e. The smallest absolute Gasteiger partial charge is 0.325 e. The van der Waals surface area contributed by atoms with Gasteiger partial charge in [0, 0.05) is 5.57 Å². The van der Waals surface area contributed by atoms with Gasteiger partial charge in [0.25, 0.3) is 21.9 Å². The van der Waals surface area contributed by atoms with Gasteiger partial charge in [-0.15, -0.1) is 5.06 Å². The number of carbonyl (C=O) groups excluding carboxylic acids is 3. The van der Waals surface area contributed by atoms with Gasteiger partial charge in [-0.05, 0) is 6.92 Å². The Labute approximate surface area is 96.5 Å². The summed E-state index contributed by atoms with van der Waals surface area (Å²) in [6.45, 7) is 4.51. The lowest BCUT2D eigenvalue weighted by Crippen LogP contribution is -2.36. The summed E-state index contributed by atoms with van der Waals surface area (Å²) >= 11 is 0. The van der Waals surface area contributed by atoms with Crippen LogP contribution in [0.25, 0.3) is 0 Å². The van der Waals surface area contributed by atoms with E-state index in [1.165, 1.54) is 6.92 Å². The van der Waals surface area contributed by atoms with Crippen LogP contribution in [0.5, 0.6) is 0 Å². The predicted molar refractivity (Wildman–Crippen MR) is 52.7 cm³/mol. The lowest BCUT2D eigenvalue weighted by molar-refractivity contribution is -0.194. The Morgan fingerprint density at radius 1 is 1.53 bits per heavy atom. The molecule has 0 radical (unpaired) electrons. The van der Waals surface area contributed by atoms with E-state index in [4.69, 9.17) is 4.55 Å². The first-order valence-electron chi connectivity index (χ1n) is 4.35. The highest BCUT2D eigenvalue weighted by Crippen LogP contribution is 2.20. The third-order valence-corrected chi connectivity index (χ3v) is 3.03. The third-order valence-electron chi connectivity index (χ3n) is 1.94. The van der Waals surface area contributed by atoms with Crippen molar-refractivity contribution in [3.05, 3.63) is 12.2 Å². The first-order chi connectivity index (χ1) is 7.64. The summed E-state index contributed by atoms with van der Waals surface area (Å²) in [5, 5.41) is -1.90. The molecule has 0 bridgehead atoms. The van der Waals surface area contributed by atoms with Crippen LogP contribution in [-0.4, -0.2) is 41.1 Å². The van der Waals surface area contributed by atoms with Crippen molar-refractivity contribution < 1.29 is 32.2 Å². The van der Waals surface area contributed by atoms with E-state index in [0.717, 1.165) is 0 Å². The van der Waals surface area contributed by atoms with E-state index in [1.54, 1.807) is 0 Å². The Morgan fingerprint density at radius 3 is 2.41 bits per heavy atom. The Kier molecular flexibility index (Phi) is 3.34. The Hall–Kier alpha value is -1.74. The number of hydrogen-bond acceptors (Lipinski definition) is 6. The summed E-state index contributed by atoms with van der Waals surface area (Å²) in [6.07, 6.45) is -0.763. The van der Waals surface area contributed by atoms with Crippen LogP contribution in [0.2, 0.25) is 0 Å². The van der Waals surface area contributed by atoms with Crippen LogP contribution in [0, 0.1) is 0 Å². The number of carbonyl (C=O) groups is 3. The van der Waals surface area contributed by atoms with E-state index in [2.05, 4.69) is 11.4 Å². The van der Waals surface area contributed by atoms with E-state index in [-0.39, 0.29) is 10.6 Å². The summed E-state index contributed by atoms with van der Waals surface area (Å²) in [6, 6.07) is 0. The van der Waals surface area contributed by atoms with Crippen LogP contribution >= 0.6 is 0 Å². The molecule has 0 aromatic carbocycles. The highest BCUT2D eigenvalue weighted by molar-refractivity contribution is 7.87. The lowest BCUT2D eigenvalue weighted by atomic mass is 10.4. The van der Waals surface area contributed by atoms with Crippen LogP contribution in [0.15, 0.2) is 12.2 Å². The topological polar surface area (TPSA) is 118 Å². The fourth-order valence-electron chi connectivity index (χ4n) is 1.07. The van der Waals surface area contributed by atoms with Gasteiger partial charge in [-0.1, -0.05) is 6.58 Å². The zero-order valence-electron chi connectivity index (χ0n) is 8.74. The molecular formula is C8H9NO7S. The van der Waals surface area contributed by atoms with Crippen molar-refractivity contribution in [1.29, 1.82) is 0 Å². The molecule has 0 aliphatic carbocycles. The van der Waals surface area contributed by atoms with E-state index in [0.29, 0.717) is 0 Å². The summed E-state index contributed by atoms with van der Waals surface area (Å²) in [4.78, 5) is 38.0. The highest BCUT2D eigenvalue weighted by atomic mass is 32.2. The summed E-state index contributed by atoms with van der Waals surface area (Å²) in [5.41, 5.74) is -0.0686. The quantitative estimate of drug-likeness (QED) is 0.395. The van der Waals surface area contributed by atoms with Crippen molar-refractivity contribution >= 4 is 27.9 Å². The molecule has 1 saturated heterocycles. The van der Waals surface area contributed by atoms with Gasteiger partial charge in [-0.25, -0.2) is 4.79 Å². The Bertz CT molecular complexity index is 506. The second-order valence-corrected chi connectivity index (χ2v) is 4.99. The van der Waals surface area contributed by atoms with Gasteiger partial charge in [0.15, 0.2) is 5.25 Å². The molecule has 1 N–H and O–H groups in total. The molecule has 1 unspecified atom stereocenters. The Morgan fingerprint density at radius 2 is 2.06 bits per heavy atom. The second-order valence-electron chi connectivity index (χ2n) is 3.39. The molecule has 9 heteroatoms. The second kappa shape index (κ2) is 4.26. The third kappa shape index (κ3) is 2.68. The molecule has 0 aromatic heterocycles. The standard InChI is InChI=1S/C8H9NO7S/c1-4(2)8(12)16-9-6(10)3-5(7(9)11)17(13,14)15/h5H,1,3H2,2H3,(H,13,14,15). The van der Waals surface area contributed by atoms with Gasteiger partial charge in [0.2, 0.25) is 0 Å². The van der Waals surface area contributed by atoms with Crippen molar-refractivity contribution in [3.63, 3.8) is 0 Å². The number of imide groups is 1. The van der Waals surface area contributed by atoms with Crippen molar-refractivity contribution in [2.45, 2.75) is 18.6 Å². The first kappa shape index (κ1) is 13.3. The number of nitrogens with zero attached hydrogens (tertiary/aromatic N) is 1. The van der Waals surface area contributed by atoms with Gasteiger partial charge in [-0.2, -0.15) is 8.42 Å². The molecule has 0 spiro atoms. The molecule has 94 valence electrons. The van der Waals surface area contributed by atoms with Gasteiger partial charge in [0.1, 0.15) is 0 Å². The van der Waals surface area contributed by atoms with Gasteiger partial charge < -0.3 is 4.84 Å². The van der Waals surface area contributed by atoms with Gasteiger partial charge in [0.05, 0.1) is 6.42 Å². The molecule has 2 amide bonds. The van der Waals surface area contributed by atoms with Crippen molar-refractivity contribution in [1.82, 2.24) is 5.06 Å². The molecule has 0 saturated carbocycles. The first-order valence-corrected chi connectivity index (χ1v) is 5.86. The average Bonchev–Trinajstić information content (AvgIpc) is 2.44. The largest absolute Gasteiger partial charge is 0.359 e. The van der Waals surface area contributed by atoms with E-state index >= 15 is 0 Å². The highest BCUT2D eigenvalue weighted by Gasteiger charge is 2.48. The van der Waals surface area contributed by atoms with Gasteiger partial charge in [-0.3, -0.25) is 14.1 Å². The zero-order chi connectivity index (χ0) is 13.4. The molecule has 1 fully saturated rings. The fourth-order valence-corrected chi connectivity index (χ4v) is 1.78. The Balaban J connectivity index is 2.91. The molecule has 8 nitrogen and oxygen atoms in total. The molecule has 1 heterocycles. The van der Waals surface area contributed by atoms with Gasteiger partial charge >= 0.3 is 5.97 Å². The molecule has 17 heavy (non-hydrogen) atoms. The van der Waals surface area contributed by atoms with Crippen molar-refractivity contribution in [2.75, 3.05) is 0 Å². The fraction of sp³-hybridized carbons (Fsp3) is 0.375. The zero-order valence-corrected chi connectivity index (χ0v) is 9.56. The van der Waals surface area contributed by atoms with Crippen LogP contribution in [0.4, 0.5) is 0 Å². The predicted octanol–water partition coefficient (Wildman–Crippen LogP) is -0.964. The number of rotatable bonds is 3. The summed E-state index contributed by atoms with van der Waals surface area (Å²) in [7, 11) is -4.70. The number of hydrogen-bond donors (Lipinski definition) is 1. The molecule has 1 aliphatic heterocycles. The average molecular weight is 263 g/mol.